The third-order valence-corrected chi connectivity index (χ3v) is 2.70. The summed E-state index contributed by atoms with van der Waals surface area (Å²) in [6.07, 6.45) is 3.77. The Morgan fingerprint density at radius 1 is 0.630 bits per heavy atom. The minimum Gasteiger partial charge on any atom is -0.300 e. The van der Waals surface area contributed by atoms with E-state index < -0.39 is 0 Å². The Hall–Kier alpha value is -1.65. The summed E-state index contributed by atoms with van der Waals surface area (Å²) < 4.78 is 0. The van der Waals surface area contributed by atoms with Crippen LogP contribution >= 0.6 is 0 Å². The molecule has 0 aromatic heterocycles. The van der Waals surface area contributed by atoms with Crippen molar-refractivity contribution < 1.29 is 24.0 Å². The molecule has 0 N–H and O–H groups in total. The Morgan fingerprint density at radius 2 is 0.889 bits per heavy atom. The number of ketones is 5. The Balaban J connectivity index is -0.0000000753. The normalized spacial score (nSPS) is 8.15. The fourth-order valence-corrected chi connectivity index (χ4v) is 0.602. The van der Waals surface area contributed by atoms with Crippen molar-refractivity contribution in [1.29, 1.82) is 0 Å². The van der Waals surface area contributed by atoms with Crippen molar-refractivity contribution in [3.8, 4) is 0 Å². The van der Waals surface area contributed by atoms with Crippen LogP contribution < -0.4 is 0 Å². The highest BCUT2D eigenvalue weighted by atomic mass is 16.1. The number of rotatable bonds is 6. The predicted octanol–water partition coefficient (Wildman–Crippen LogP) is 5.56. The van der Waals surface area contributed by atoms with Gasteiger partial charge in [-0.2, -0.15) is 0 Å². The van der Waals surface area contributed by atoms with Gasteiger partial charge < -0.3 is 14.4 Å². The zero-order valence-corrected chi connectivity index (χ0v) is 19.7. The van der Waals surface area contributed by atoms with E-state index in [9.17, 15) is 24.0 Å². The van der Waals surface area contributed by atoms with E-state index in [1.165, 1.54) is 13.8 Å². The molecule has 0 saturated carbocycles. The van der Waals surface area contributed by atoms with E-state index >= 15 is 0 Å². The molecular weight excluding hydrogens is 344 g/mol. The molecule has 0 fully saturated rings. The van der Waals surface area contributed by atoms with E-state index in [1.54, 1.807) is 20.8 Å². The second kappa shape index (κ2) is 29.1. The van der Waals surface area contributed by atoms with Crippen LogP contribution in [0, 0.1) is 5.92 Å². The Morgan fingerprint density at radius 3 is 0.889 bits per heavy atom. The first kappa shape index (κ1) is 36.3. The van der Waals surface area contributed by atoms with Gasteiger partial charge in [-0.05, 0) is 41.0 Å². The molecule has 0 heterocycles. The van der Waals surface area contributed by atoms with Crippen LogP contribution in [0.3, 0.4) is 0 Å². The molecule has 0 aliphatic carbocycles. The number of Topliss-reactive ketones (excluding diaryl/α,β-unsaturated/α-hetero) is 5. The maximum Gasteiger partial charge on any atom is 0.132 e. The summed E-state index contributed by atoms with van der Waals surface area (Å²) in [4.78, 5) is 49.6. The van der Waals surface area contributed by atoms with Crippen molar-refractivity contribution in [2.24, 2.45) is 5.92 Å². The summed E-state index contributed by atoms with van der Waals surface area (Å²) in [5, 5.41) is 0. The number of hydrogen-bond acceptors (Lipinski definition) is 5. The van der Waals surface area contributed by atoms with E-state index in [0.717, 1.165) is 12.8 Å². The SMILES string of the molecule is CC(=O)C(C)C.CC(C)=O.CCC(=O)CC.CCC(C)=O.CCCC(C)=O. The largest absolute Gasteiger partial charge is 0.300 e. The van der Waals surface area contributed by atoms with Crippen LogP contribution in [-0.2, 0) is 24.0 Å². The van der Waals surface area contributed by atoms with Gasteiger partial charge in [0.25, 0.3) is 0 Å². The lowest BCUT2D eigenvalue weighted by atomic mass is 10.1. The Bertz CT molecular complexity index is 384. The van der Waals surface area contributed by atoms with E-state index in [2.05, 4.69) is 0 Å². The monoisotopic (exact) mass is 388 g/mol. The summed E-state index contributed by atoms with van der Waals surface area (Å²) in [5.41, 5.74) is 0. The van der Waals surface area contributed by atoms with E-state index in [0.29, 0.717) is 25.0 Å². The van der Waals surface area contributed by atoms with E-state index in [1.807, 2.05) is 41.5 Å². The standard InChI is InChI=1S/3C5H10O.C4H8O.C3H6O/c1-4(2)5(3)6;1-3-4-5(2)6;1-3-5(6)4-2;1-3-4(2)5;1-3(2)4/h4H,1-3H3;2*3-4H2,1-2H3;3H2,1-2H3;1-2H3. The fraction of sp³-hybridized carbons (Fsp3) is 0.773. The van der Waals surface area contributed by atoms with Gasteiger partial charge in [-0.3, -0.25) is 9.59 Å². The van der Waals surface area contributed by atoms with E-state index in [4.69, 9.17) is 0 Å². The molecule has 0 saturated heterocycles. The van der Waals surface area contributed by atoms with Crippen molar-refractivity contribution in [3.63, 3.8) is 0 Å². The van der Waals surface area contributed by atoms with Crippen molar-refractivity contribution in [3.05, 3.63) is 0 Å². The number of carbonyl (C=O) groups is 5. The van der Waals surface area contributed by atoms with Gasteiger partial charge in [0.05, 0.1) is 0 Å². The first-order valence-electron chi connectivity index (χ1n) is 9.71. The van der Waals surface area contributed by atoms with Gasteiger partial charge in [-0.25, -0.2) is 0 Å². The van der Waals surface area contributed by atoms with Gasteiger partial charge in [0.15, 0.2) is 0 Å². The Kier molecular flexibility index (Phi) is 39.2. The van der Waals surface area contributed by atoms with Gasteiger partial charge in [-0.1, -0.05) is 41.5 Å². The van der Waals surface area contributed by atoms with Crippen LogP contribution in [0.2, 0.25) is 0 Å². The minimum atomic E-state index is 0.167. The Labute approximate surface area is 167 Å². The molecule has 5 nitrogen and oxygen atoms in total. The van der Waals surface area contributed by atoms with Crippen molar-refractivity contribution in [2.45, 2.75) is 108 Å². The summed E-state index contributed by atoms with van der Waals surface area (Å²) in [7, 11) is 0. The maximum absolute atomic E-state index is 10.2. The molecule has 0 aromatic carbocycles. The lowest BCUT2D eigenvalue weighted by Crippen LogP contribution is -1.98. The zero-order valence-electron chi connectivity index (χ0n) is 19.7. The molecular formula is C22H44O5. The van der Waals surface area contributed by atoms with Crippen LogP contribution in [0.15, 0.2) is 0 Å². The molecule has 0 amide bonds. The highest BCUT2D eigenvalue weighted by Crippen LogP contribution is 1.89. The highest BCUT2D eigenvalue weighted by molar-refractivity contribution is 5.77. The third kappa shape index (κ3) is 94.4. The van der Waals surface area contributed by atoms with Crippen molar-refractivity contribution in [2.75, 3.05) is 0 Å². The van der Waals surface area contributed by atoms with Gasteiger partial charge in [0.1, 0.15) is 28.9 Å². The molecule has 0 atom stereocenters. The van der Waals surface area contributed by atoms with Crippen LogP contribution in [0.5, 0.6) is 0 Å². The molecule has 0 rings (SSSR count). The molecule has 0 radical (unpaired) electrons. The summed E-state index contributed by atoms with van der Waals surface area (Å²) in [5.74, 6) is 1.53. The van der Waals surface area contributed by atoms with Gasteiger partial charge in [0, 0.05) is 31.6 Å². The molecule has 162 valence electrons. The molecule has 27 heavy (non-hydrogen) atoms. The van der Waals surface area contributed by atoms with Gasteiger partial charge >= 0.3 is 0 Å². The quantitative estimate of drug-likeness (QED) is 0.594. The molecule has 0 bridgehead atoms. The minimum absolute atomic E-state index is 0.167. The van der Waals surface area contributed by atoms with E-state index in [-0.39, 0.29) is 29.1 Å². The lowest BCUT2D eigenvalue weighted by Gasteiger charge is -1.90. The molecule has 0 aromatic rings. The topological polar surface area (TPSA) is 85.3 Å². The van der Waals surface area contributed by atoms with Gasteiger partial charge in [0.2, 0.25) is 0 Å². The second-order valence-electron chi connectivity index (χ2n) is 6.43. The summed E-state index contributed by atoms with van der Waals surface area (Å²) in [6.45, 7) is 19.3. The summed E-state index contributed by atoms with van der Waals surface area (Å²) in [6, 6.07) is 0. The highest BCUT2D eigenvalue weighted by Gasteiger charge is 1.95. The molecule has 0 unspecified atom stereocenters. The lowest BCUT2D eigenvalue weighted by molar-refractivity contribution is -0.120. The van der Waals surface area contributed by atoms with Crippen molar-refractivity contribution in [1.82, 2.24) is 0 Å². The van der Waals surface area contributed by atoms with Crippen LogP contribution in [0.25, 0.3) is 0 Å². The van der Waals surface area contributed by atoms with Crippen molar-refractivity contribution >= 4 is 28.9 Å². The third-order valence-electron chi connectivity index (χ3n) is 2.70. The second-order valence-corrected chi connectivity index (χ2v) is 6.43. The molecule has 0 aliphatic rings. The average Bonchev–Trinajstić information content (AvgIpc) is 2.54. The average molecular weight is 389 g/mol. The first-order valence-corrected chi connectivity index (χ1v) is 9.71. The number of carbonyl (C=O) groups excluding carboxylic acids is 5. The van der Waals surface area contributed by atoms with Crippen LogP contribution in [-0.4, -0.2) is 28.9 Å². The first-order chi connectivity index (χ1) is 12.2. The molecule has 0 aliphatic heterocycles. The smallest absolute Gasteiger partial charge is 0.132 e. The van der Waals surface area contributed by atoms with Crippen LogP contribution in [0.4, 0.5) is 0 Å². The molecule has 5 heteroatoms. The predicted molar refractivity (Wildman–Crippen MR) is 114 cm³/mol. The molecule has 0 spiro atoms. The van der Waals surface area contributed by atoms with Crippen LogP contribution in [0.1, 0.15) is 108 Å². The fourth-order valence-electron chi connectivity index (χ4n) is 0.602. The maximum atomic E-state index is 10.2. The number of hydrogen-bond donors (Lipinski definition) is 0. The zero-order chi connectivity index (χ0) is 23.0. The summed E-state index contributed by atoms with van der Waals surface area (Å²) >= 11 is 0. The van der Waals surface area contributed by atoms with Gasteiger partial charge in [-0.15, -0.1) is 0 Å².